The summed E-state index contributed by atoms with van der Waals surface area (Å²) in [6, 6.07) is 9.45. The monoisotopic (exact) mass is 387 g/mol. The van der Waals surface area contributed by atoms with E-state index in [4.69, 9.17) is 18.9 Å². The summed E-state index contributed by atoms with van der Waals surface area (Å²) in [6.07, 6.45) is -0.00210. The highest BCUT2D eigenvalue weighted by molar-refractivity contribution is 5.81. The normalized spacial score (nSPS) is 11.5. The van der Waals surface area contributed by atoms with Crippen LogP contribution in [0.15, 0.2) is 30.3 Å². The topological polar surface area (TPSA) is 66.0 Å². The highest BCUT2D eigenvalue weighted by atomic mass is 16.5. The SMILES string of the molecule is CC[C@H](Oc1ccc(C)c(C)c1)C(=O)NCc1cc(OC)c(OC)c(OC)c1. The predicted octanol–water partition coefficient (Wildman–Crippen LogP) is 3.80. The molecular weight excluding hydrogens is 358 g/mol. The molecule has 0 spiro atoms. The van der Waals surface area contributed by atoms with Gasteiger partial charge in [-0.1, -0.05) is 13.0 Å². The molecule has 0 aliphatic heterocycles. The van der Waals surface area contributed by atoms with Crippen molar-refractivity contribution >= 4 is 5.91 Å². The lowest BCUT2D eigenvalue weighted by atomic mass is 10.1. The standard InChI is InChI=1S/C22H29NO5/c1-7-18(28-17-9-8-14(2)15(3)10-17)22(24)23-13-16-11-19(25-4)21(27-6)20(12-16)26-5/h8-12,18H,7,13H2,1-6H3,(H,23,24)/t18-/m0/s1. The van der Waals surface area contributed by atoms with Crippen LogP contribution in [0.4, 0.5) is 0 Å². The molecule has 0 aliphatic carbocycles. The first-order valence-corrected chi connectivity index (χ1v) is 9.23. The predicted molar refractivity (Wildman–Crippen MR) is 109 cm³/mol. The second kappa shape index (κ2) is 9.88. The lowest BCUT2D eigenvalue weighted by Gasteiger charge is -2.19. The van der Waals surface area contributed by atoms with Crippen molar-refractivity contribution in [1.29, 1.82) is 0 Å². The first-order valence-electron chi connectivity index (χ1n) is 9.23. The zero-order chi connectivity index (χ0) is 20.7. The van der Waals surface area contributed by atoms with Crippen LogP contribution in [0.2, 0.25) is 0 Å². The molecule has 0 fully saturated rings. The molecule has 152 valence electrons. The number of carbonyl (C=O) groups is 1. The molecule has 2 aromatic rings. The van der Waals surface area contributed by atoms with Gasteiger partial charge in [0.15, 0.2) is 17.6 Å². The summed E-state index contributed by atoms with van der Waals surface area (Å²) in [5.74, 6) is 2.13. The van der Waals surface area contributed by atoms with Crippen LogP contribution in [0.1, 0.15) is 30.0 Å². The van der Waals surface area contributed by atoms with E-state index in [1.807, 2.05) is 51.1 Å². The molecule has 1 atom stereocenters. The summed E-state index contributed by atoms with van der Waals surface area (Å²) >= 11 is 0. The van der Waals surface area contributed by atoms with Crippen LogP contribution in [0, 0.1) is 13.8 Å². The van der Waals surface area contributed by atoms with Crippen molar-refractivity contribution in [1.82, 2.24) is 5.32 Å². The number of benzene rings is 2. The average Bonchev–Trinajstić information content (AvgIpc) is 2.71. The van der Waals surface area contributed by atoms with E-state index in [1.165, 1.54) is 5.56 Å². The van der Waals surface area contributed by atoms with Crippen molar-refractivity contribution in [2.45, 2.75) is 39.8 Å². The van der Waals surface area contributed by atoms with E-state index in [-0.39, 0.29) is 5.91 Å². The van der Waals surface area contributed by atoms with E-state index >= 15 is 0 Å². The molecule has 0 aliphatic rings. The minimum atomic E-state index is -0.566. The van der Waals surface area contributed by atoms with Gasteiger partial charge in [0.1, 0.15) is 5.75 Å². The Balaban J connectivity index is 2.07. The van der Waals surface area contributed by atoms with Crippen LogP contribution < -0.4 is 24.3 Å². The number of nitrogens with one attached hydrogen (secondary N) is 1. The zero-order valence-electron chi connectivity index (χ0n) is 17.4. The third-order valence-electron chi connectivity index (χ3n) is 4.61. The molecule has 0 radical (unpaired) electrons. The summed E-state index contributed by atoms with van der Waals surface area (Å²) < 4.78 is 21.9. The first kappa shape index (κ1) is 21.4. The Morgan fingerprint density at radius 1 is 0.964 bits per heavy atom. The quantitative estimate of drug-likeness (QED) is 0.709. The zero-order valence-corrected chi connectivity index (χ0v) is 17.4. The van der Waals surface area contributed by atoms with Crippen molar-refractivity contribution < 1.29 is 23.7 Å². The number of methoxy groups -OCH3 is 3. The van der Waals surface area contributed by atoms with Crippen LogP contribution in [0.3, 0.4) is 0 Å². The molecule has 0 unspecified atom stereocenters. The molecule has 1 N–H and O–H groups in total. The number of hydrogen-bond acceptors (Lipinski definition) is 5. The van der Waals surface area contributed by atoms with Crippen LogP contribution in [-0.2, 0) is 11.3 Å². The Bertz CT molecular complexity index is 794. The maximum absolute atomic E-state index is 12.6. The fourth-order valence-electron chi connectivity index (χ4n) is 2.81. The second-order valence-corrected chi connectivity index (χ2v) is 6.51. The van der Waals surface area contributed by atoms with Crippen LogP contribution in [-0.4, -0.2) is 33.3 Å². The minimum absolute atomic E-state index is 0.172. The smallest absolute Gasteiger partial charge is 0.261 e. The molecule has 2 aromatic carbocycles. The van der Waals surface area contributed by atoms with Gasteiger partial charge in [-0.3, -0.25) is 4.79 Å². The molecule has 6 heteroatoms. The van der Waals surface area contributed by atoms with E-state index in [1.54, 1.807) is 21.3 Å². The number of amides is 1. The van der Waals surface area contributed by atoms with E-state index < -0.39 is 6.10 Å². The Morgan fingerprint density at radius 3 is 2.11 bits per heavy atom. The first-order chi connectivity index (χ1) is 13.4. The summed E-state index contributed by atoms with van der Waals surface area (Å²) in [5, 5.41) is 2.92. The van der Waals surface area contributed by atoms with Crippen LogP contribution in [0.5, 0.6) is 23.0 Å². The maximum atomic E-state index is 12.6. The highest BCUT2D eigenvalue weighted by Gasteiger charge is 2.19. The Morgan fingerprint density at radius 2 is 1.61 bits per heavy atom. The Labute approximate surface area is 166 Å². The summed E-state index contributed by atoms with van der Waals surface area (Å²) in [5.41, 5.74) is 3.15. The Hall–Kier alpha value is -2.89. The Kier molecular flexibility index (Phi) is 7.55. The fraction of sp³-hybridized carbons (Fsp3) is 0.409. The molecule has 0 aromatic heterocycles. The number of rotatable bonds is 9. The van der Waals surface area contributed by atoms with Gasteiger partial charge in [0.25, 0.3) is 5.91 Å². The molecule has 28 heavy (non-hydrogen) atoms. The van der Waals surface area contributed by atoms with Gasteiger partial charge in [0.05, 0.1) is 21.3 Å². The van der Waals surface area contributed by atoms with E-state index in [0.29, 0.717) is 36.0 Å². The van der Waals surface area contributed by atoms with Gasteiger partial charge in [-0.2, -0.15) is 0 Å². The highest BCUT2D eigenvalue weighted by Crippen LogP contribution is 2.38. The van der Waals surface area contributed by atoms with Crippen molar-refractivity contribution in [2.75, 3.05) is 21.3 Å². The van der Waals surface area contributed by atoms with Crippen LogP contribution >= 0.6 is 0 Å². The van der Waals surface area contributed by atoms with Crippen molar-refractivity contribution in [3.05, 3.63) is 47.0 Å². The van der Waals surface area contributed by atoms with E-state index in [0.717, 1.165) is 11.1 Å². The lowest BCUT2D eigenvalue weighted by molar-refractivity contribution is -0.128. The van der Waals surface area contributed by atoms with Gasteiger partial charge < -0.3 is 24.3 Å². The molecule has 6 nitrogen and oxygen atoms in total. The lowest BCUT2D eigenvalue weighted by Crippen LogP contribution is -2.37. The van der Waals surface area contributed by atoms with Gasteiger partial charge in [-0.15, -0.1) is 0 Å². The van der Waals surface area contributed by atoms with Crippen LogP contribution in [0.25, 0.3) is 0 Å². The van der Waals surface area contributed by atoms with Gasteiger partial charge in [-0.25, -0.2) is 0 Å². The molecule has 0 bridgehead atoms. The second-order valence-electron chi connectivity index (χ2n) is 6.51. The number of carbonyl (C=O) groups excluding carboxylic acids is 1. The summed E-state index contributed by atoms with van der Waals surface area (Å²) in [6.45, 7) is 6.31. The third-order valence-corrected chi connectivity index (χ3v) is 4.61. The van der Waals surface area contributed by atoms with Gasteiger partial charge >= 0.3 is 0 Å². The minimum Gasteiger partial charge on any atom is -0.493 e. The average molecular weight is 387 g/mol. The van der Waals surface area contributed by atoms with Crippen molar-refractivity contribution in [3.8, 4) is 23.0 Å². The van der Waals surface area contributed by atoms with Gasteiger partial charge in [-0.05, 0) is 61.2 Å². The molecule has 2 rings (SSSR count). The molecule has 0 heterocycles. The largest absolute Gasteiger partial charge is 0.493 e. The van der Waals surface area contributed by atoms with E-state index in [2.05, 4.69) is 5.32 Å². The third kappa shape index (κ3) is 5.09. The number of aryl methyl sites for hydroxylation is 2. The number of ether oxygens (including phenoxy) is 4. The van der Waals surface area contributed by atoms with Crippen molar-refractivity contribution in [2.24, 2.45) is 0 Å². The van der Waals surface area contributed by atoms with Gasteiger partial charge in [0, 0.05) is 6.54 Å². The maximum Gasteiger partial charge on any atom is 0.261 e. The molecule has 0 saturated carbocycles. The fourth-order valence-corrected chi connectivity index (χ4v) is 2.81. The van der Waals surface area contributed by atoms with E-state index in [9.17, 15) is 4.79 Å². The summed E-state index contributed by atoms with van der Waals surface area (Å²) in [4.78, 5) is 12.6. The molecule has 0 saturated heterocycles. The summed E-state index contributed by atoms with van der Waals surface area (Å²) in [7, 11) is 4.67. The molecular formula is C22H29NO5. The van der Waals surface area contributed by atoms with Crippen molar-refractivity contribution in [3.63, 3.8) is 0 Å². The number of hydrogen-bond donors (Lipinski definition) is 1. The molecule has 1 amide bonds. The van der Waals surface area contributed by atoms with Gasteiger partial charge in [0.2, 0.25) is 5.75 Å².